The van der Waals surface area contributed by atoms with Crippen molar-refractivity contribution in [2.45, 2.75) is 33.7 Å². The van der Waals surface area contributed by atoms with Crippen LogP contribution in [0.1, 0.15) is 41.9 Å². The molecule has 0 unspecified atom stereocenters. The Hall–Kier alpha value is -3.39. The summed E-state index contributed by atoms with van der Waals surface area (Å²) in [7, 11) is 0. The van der Waals surface area contributed by atoms with Crippen molar-refractivity contribution in [3.05, 3.63) is 65.4 Å². The Morgan fingerprint density at radius 2 is 1.86 bits per heavy atom. The van der Waals surface area contributed by atoms with Crippen LogP contribution in [0, 0.1) is 24.2 Å². The molecule has 148 valence electrons. The molecule has 0 spiro atoms. The molecular formula is C24H24N2O3. The highest BCUT2D eigenvalue weighted by Gasteiger charge is 2.22. The molecule has 3 aromatic rings. The van der Waals surface area contributed by atoms with E-state index in [2.05, 4.69) is 18.4 Å². The number of ketones is 2. The third kappa shape index (κ3) is 4.38. The molecule has 0 N–H and O–H groups in total. The van der Waals surface area contributed by atoms with E-state index in [-0.39, 0.29) is 24.6 Å². The van der Waals surface area contributed by atoms with E-state index in [0.717, 1.165) is 23.1 Å². The molecule has 1 aromatic heterocycles. The molecule has 1 heterocycles. The lowest BCUT2D eigenvalue weighted by Crippen LogP contribution is -2.10. The molecule has 0 aliphatic heterocycles. The van der Waals surface area contributed by atoms with Gasteiger partial charge in [-0.25, -0.2) is 0 Å². The summed E-state index contributed by atoms with van der Waals surface area (Å²) in [5.74, 6) is 0.617. The summed E-state index contributed by atoms with van der Waals surface area (Å²) in [5.41, 5.74) is 3.17. The summed E-state index contributed by atoms with van der Waals surface area (Å²) in [6.07, 6.45) is -0.177. The average Bonchev–Trinajstić information content (AvgIpc) is 2.97. The molecule has 0 fully saturated rings. The van der Waals surface area contributed by atoms with E-state index in [1.165, 1.54) is 0 Å². The molecule has 0 saturated heterocycles. The fourth-order valence-corrected chi connectivity index (χ4v) is 3.48. The highest BCUT2D eigenvalue weighted by atomic mass is 16.5. The highest BCUT2D eigenvalue weighted by Crippen LogP contribution is 2.32. The van der Waals surface area contributed by atoms with Crippen LogP contribution in [0.25, 0.3) is 10.9 Å². The SMILES string of the molecule is Cc1c(C(=O)c2ccccc2)c2cc(OCC(=O)CC#N)ccc2n1CC(C)C. The lowest BCUT2D eigenvalue weighted by atomic mass is 10.0. The Morgan fingerprint density at radius 3 is 2.52 bits per heavy atom. The molecule has 29 heavy (non-hydrogen) atoms. The van der Waals surface area contributed by atoms with Gasteiger partial charge < -0.3 is 9.30 Å². The van der Waals surface area contributed by atoms with Crippen molar-refractivity contribution in [1.29, 1.82) is 5.26 Å². The van der Waals surface area contributed by atoms with E-state index >= 15 is 0 Å². The molecule has 0 radical (unpaired) electrons. The number of hydrogen-bond acceptors (Lipinski definition) is 4. The van der Waals surface area contributed by atoms with Crippen LogP contribution in [0.4, 0.5) is 0 Å². The molecule has 0 aliphatic rings. The van der Waals surface area contributed by atoms with E-state index in [4.69, 9.17) is 10.00 Å². The number of hydrogen-bond donors (Lipinski definition) is 0. The van der Waals surface area contributed by atoms with Gasteiger partial charge in [-0.1, -0.05) is 44.2 Å². The van der Waals surface area contributed by atoms with E-state index in [0.29, 0.717) is 22.8 Å². The van der Waals surface area contributed by atoms with Gasteiger partial charge in [0.25, 0.3) is 0 Å². The number of carbonyl (C=O) groups is 2. The largest absolute Gasteiger partial charge is 0.486 e. The first-order valence-electron chi connectivity index (χ1n) is 9.66. The first-order valence-corrected chi connectivity index (χ1v) is 9.66. The van der Waals surface area contributed by atoms with Crippen LogP contribution in [0.3, 0.4) is 0 Å². The van der Waals surface area contributed by atoms with E-state index < -0.39 is 0 Å². The van der Waals surface area contributed by atoms with Crippen molar-refractivity contribution in [2.75, 3.05) is 6.61 Å². The fraction of sp³-hybridized carbons (Fsp3) is 0.292. The molecular weight excluding hydrogens is 364 g/mol. The second-order valence-corrected chi connectivity index (χ2v) is 7.50. The summed E-state index contributed by atoms with van der Waals surface area (Å²) in [6, 6.07) is 16.6. The molecule has 0 aliphatic carbocycles. The Kier molecular flexibility index (Phi) is 6.13. The minimum absolute atomic E-state index is 0.0340. The molecule has 0 bridgehead atoms. The first kappa shape index (κ1) is 20.3. The number of ether oxygens (including phenoxy) is 1. The van der Waals surface area contributed by atoms with E-state index in [1.807, 2.05) is 55.5 Å². The third-order valence-corrected chi connectivity index (χ3v) is 4.78. The quantitative estimate of drug-likeness (QED) is 0.525. The van der Waals surface area contributed by atoms with E-state index in [1.54, 1.807) is 6.07 Å². The molecule has 0 saturated carbocycles. The van der Waals surface area contributed by atoms with Gasteiger partial charge in [0, 0.05) is 28.7 Å². The van der Waals surface area contributed by atoms with Crippen molar-refractivity contribution in [2.24, 2.45) is 5.92 Å². The Morgan fingerprint density at radius 1 is 1.14 bits per heavy atom. The van der Waals surface area contributed by atoms with Crippen LogP contribution in [-0.4, -0.2) is 22.7 Å². The van der Waals surface area contributed by atoms with Crippen molar-refractivity contribution >= 4 is 22.5 Å². The van der Waals surface area contributed by atoms with Crippen LogP contribution in [0.2, 0.25) is 0 Å². The van der Waals surface area contributed by atoms with E-state index in [9.17, 15) is 9.59 Å². The lowest BCUT2D eigenvalue weighted by molar-refractivity contribution is -0.120. The van der Waals surface area contributed by atoms with Crippen LogP contribution in [-0.2, 0) is 11.3 Å². The van der Waals surface area contributed by atoms with Crippen LogP contribution in [0.15, 0.2) is 48.5 Å². The fourth-order valence-electron chi connectivity index (χ4n) is 3.48. The van der Waals surface area contributed by atoms with Crippen molar-refractivity contribution in [3.63, 3.8) is 0 Å². The number of benzene rings is 2. The van der Waals surface area contributed by atoms with Crippen molar-refractivity contribution < 1.29 is 14.3 Å². The maximum atomic E-state index is 13.3. The predicted octanol–water partition coefficient (Wildman–Crippen LogP) is 4.70. The Bertz CT molecular complexity index is 1090. The van der Waals surface area contributed by atoms with Crippen LogP contribution < -0.4 is 4.74 Å². The molecule has 2 aromatic carbocycles. The summed E-state index contributed by atoms with van der Waals surface area (Å²) < 4.78 is 7.75. The normalized spacial score (nSPS) is 10.9. The molecule has 3 rings (SSSR count). The summed E-state index contributed by atoms with van der Waals surface area (Å²) in [5, 5.41) is 9.43. The standard InChI is InChI=1S/C24H24N2O3/c1-16(2)14-26-17(3)23(24(28)18-7-5-4-6-8-18)21-13-20(9-10-22(21)26)29-15-19(27)11-12-25/h4-10,13,16H,11,14-15H2,1-3H3. The Labute approximate surface area is 170 Å². The lowest BCUT2D eigenvalue weighted by Gasteiger charge is -2.11. The van der Waals surface area contributed by atoms with Gasteiger partial charge in [-0.05, 0) is 31.0 Å². The zero-order valence-corrected chi connectivity index (χ0v) is 16.9. The van der Waals surface area contributed by atoms with Crippen LogP contribution >= 0.6 is 0 Å². The van der Waals surface area contributed by atoms with Crippen molar-refractivity contribution in [1.82, 2.24) is 4.57 Å². The zero-order chi connectivity index (χ0) is 21.0. The third-order valence-electron chi connectivity index (χ3n) is 4.78. The number of rotatable bonds is 8. The number of aromatic nitrogens is 1. The topological polar surface area (TPSA) is 72.1 Å². The molecule has 0 amide bonds. The number of fused-ring (bicyclic) bond motifs is 1. The van der Waals surface area contributed by atoms with Gasteiger partial charge >= 0.3 is 0 Å². The highest BCUT2D eigenvalue weighted by molar-refractivity contribution is 6.17. The summed E-state index contributed by atoms with van der Waals surface area (Å²) >= 11 is 0. The number of nitriles is 1. The maximum absolute atomic E-state index is 13.3. The second-order valence-electron chi connectivity index (χ2n) is 7.50. The van der Waals surface area contributed by atoms with Gasteiger partial charge in [-0.3, -0.25) is 9.59 Å². The van der Waals surface area contributed by atoms with Gasteiger partial charge in [-0.15, -0.1) is 0 Å². The minimum atomic E-state index is -0.276. The van der Waals surface area contributed by atoms with Crippen molar-refractivity contribution in [3.8, 4) is 11.8 Å². The second kappa shape index (κ2) is 8.74. The summed E-state index contributed by atoms with van der Waals surface area (Å²) in [6.45, 7) is 6.89. The van der Waals surface area contributed by atoms with Gasteiger partial charge in [0.1, 0.15) is 12.4 Å². The number of carbonyl (C=O) groups excluding carboxylic acids is 2. The van der Waals surface area contributed by atoms with Crippen LogP contribution in [0.5, 0.6) is 5.75 Å². The first-order chi connectivity index (χ1) is 13.9. The van der Waals surface area contributed by atoms with Gasteiger partial charge in [0.05, 0.1) is 18.1 Å². The van der Waals surface area contributed by atoms with Gasteiger partial charge in [0.15, 0.2) is 11.6 Å². The number of Topliss-reactive ketones (excluding diaryl/α,β-unsaturated/α-hetero) is 1. The minimum Gasteiger partial charge on any atom is -0.486 e. The van der Waals surface area contributed by atoms with Gasteiger partial charge in [0.2, 0.25) is 0 Å². The summed E-state index contributed by atoms with van der Waals surface area (Å²) in [4.78, 5) is 24.9. The number of nitrogens with zero attached hydrogens (tertiary/aromatic N) is 2. The zero-order valence-electron chi connectivity index (χ0n) is 16.9. The van der Waals surface area contributed by atoms with Gasteiger partial charge in [-0.2, -0.15) is 5.26 Å². The smallest absolute Gasteiger partial charge is 0.195 e. The molecule has 5 nitrogen and oxygen atoms in total. The maximum Gasteiger partial charge on any atom is 0.195 e. The Balaban J connectivity index is 2.08. The predicted molar refractivity (Wildman–Crippen MR) is 112 cm³/mol. The molecule has 0 atom stereocenters. The molecule has 5 heteroatoms. The monoisotopic (exact) mass is 388 g/mol. The average molecular weight is 388 g/mol.